The minimum atomic E-state index is -2.44. The van der Waals surface area contributed by atoms with Crippen molar-refractivity contribution in [2.45, 2.75) is 102 Å². The lowest BCUT2D eigenvalue weighted by Gasteiger charge is -2.45. The molecule has 57 heavy (non-hydrogen) atoms. The minimum absolute atomic E-state index is 0.0519. The third-order valence-corrected chi connectivity index (χ3v) is 17.5. The highest BCUT2D eigenvalue weighted by Gasteiger charge is 2.51. The highest BCUT2D eigenvalue weighted by Crippen LogP contribution is 2.47. The predicted molar refractivity (Wildman–Crippen MR) is 224 cm³/mol. The van der Waals surface area contributed by atoms with Gasteiger partial charge in [0.05, 0.1) is 33.3 Å². The first-order valence-electron chi connectivity index (χ1n) is 19.8. The van der Waals surface area contributed by atoms with E-state index in [0.29, 0.717) is 28.7 Å². The molecule has 3 atom stereocenters. The van der Waals surface area contributed by atoms with Crippen molar-refractivity contribution in [1.82, 2.24) is 19.5 Å². The molecular formula is C44H57N5O7Si. The predicted octanol–water partition coefficient (Wildman–Crippen LogP) is 8.59. The van der Waals surface area contributed by atoms with Crippen LogP contribution in [-0.2, 0) is 24.3 Å². The van der Waals surface area contributed by atoms with Crippen molar-refractivity contribution in [3.8, 4) is 11.5 Å². The number of nitrogens with one attached hydrogen (secondary N) is 2. The maximum Gasteiger partial charge on any atom is 0.280 e. The smallest absolute Gasteiger partial charge is 0.280 e. The van der Waals surface area contributed by atoms with Crippen molar-refractivity contribution in [1.29, 1.82) is 0 Å². The zero-order valence-electron chi connectivity index (χ0n) is 34.7. The molecule has 2 aromatic heterocycles. The molecule has 1 saturated heterocycles. The normalized spacial score (nSPS) is 17.6. The average molecular weight is 796 g/mol. The van der Waals surface area contributed by atoms with Crippen molar-refractivity contribution in [2.24, 2.45) is 5.92 Å². The first-order chi connectivity index (χ1) is 27.2. The van der Waals surface area contributed by atoms with E-state index in [1.807, 2.05) is 66.7 Å². The van der Waals surface area contributed by atoms with Gasteiger partial charge < -0.3 is 23.4 Å². The molecule has 1 aliphatic rings. The zero-order chi connectivity index (χ0) is 41.1. The van der Waals surface area contributed by atoms with Crippen LogP contribution in [0.15, 0.2) is 90.0 Å². The van der Waals surface area contributed by atoms with Gasteiger partial charge in [-0.2, -0.15) is 4.98 Å². The maximum atomic E-state index is 13.2. The molecule has 1 amide bonds. The van der Waals surface area contributed by atoms with Crippen LogP contribution in [0.3, 0.4) is 0 Å². The second kappa shape index (κ2) is 17.4. The summed E-state index contributed by atoms with van der Waals surface area (Å²) in [6.45, 7) is 17.3. The largest absolute Gasteiger partial charge is 0.497 e. The monoisotopic (exact) mass is 795 g/mol. The summed E-state index contributed by atoms with van der Waals surface area (Å²) in [5.74, 6) is 0.944. The van der Waals surface area contributed by atoms with Crippen LogP contribution in [0.25, 0.3) is 11.2 Å². The number of aromatic nitrogens is 4. The topological polar surface area (TPSA) is 139 Å². The van der Waals surface area contributed by atoms with Gasteiger partial charge in [-0.3, -0.25) is 24.5 Å². The number of hydrogen-bond acceptors (Lipinski definition) is 9. The fourth-order valence-electron chi connectivity index (χ4n) is 8.55. The molecule has 0 saturated carbocycles. The lowest BCUT2D eigenvalue weighted by atomic mass is 9.80. The van der Waals surface area contributed by atoms with Crippen molar-refractivity contribution in [3.05, 3.63) is 112 Å². The van der Waals surface area contributed by atoms with Crippen molar-refractivity contribution < 1.29 is 28.2 Å². The number of ether oxygens (including phenoxy) is 4. The van der Waals surface area contributed by atoms with E-state index < -0.39 is 31.8 Å². The van der Waals surface area contributed by atoms with E-state index in [1.165, 1.54) is 0 Å². The Labute approximate surface area is 336 Å². The molecule has 3 heterocycles. The van der Waals surface area contributed by atoms with Crippen LogP contribution in [0.1, 0.15) is 84.7 Å². The third-order valence-electron chi connectivity index (χ3n) is 11.4. The second-order valence-electron chi connectivity index (χ2n) is 16.0. The molecule has 1 fully saturated rings. The van der Waals surface area contributed by atoms with Crippen LogP contribution in [0, 0.1) is 5.92 Å². The summed E-state index contributed by atoms with van der Waals surface area (Å²) >= 11 is 0. The van der Waals surface area contributed by atoms with E-state index in [1.54, 1.807) is 39.0 Å². The van der Waals surface area contributed by atoms with Crippen molar-refractivity contribution in [3.63, 3.8) is 0 Å². The van der Waals surface area contributed by atoms with Gasteiger partial charge in [-0.15, -0.1) is 0 Å². The van der Waals surface area contributed by atoms with Gasteiger partial charge >= 0.3 is 0 Å². The Kier molecular flexibility index (Phi) is 12.7. The SMILES string of the molecule is COc1ccc(C(OC[C@H]2O[C@@H](n3cnc4c(=O)[nH]c(NC(=O)C(C)C)nc43)C[C@@H]2O[Si](C(C)C)(C(C)C)C(C)C)(c2ccccc2)c2ccc(OC)cc2)cc1. The van der Waals surface area contributed by atoms with Crippen LogP contribution in [0.4, 0.5) is 5.95 Å². The molecule has 12 nitrogen and oxygen atoms in total. The second-order valence-corrected chi connectivity index (χ2v) is 21.4. The zero-order valence-corrected chi connectivity index (χ0v) is 35.7. The number of carbonyl (C=O) groups is 1. The van der Waals surface area contributed by atoms with Gasteiger partial charge in [-0.25, -0.2) is 4.98 Å². The van der Waals surface area contributed by atoms with Gasteiger partial charge in [-0.05, 0) is 57.6 Å². The first-order valence-corrected chi connectivity index (χ1v) is 22.0. The molecule has 304 valence electrons. The fourth-order valence-corrected chi connectivity index (χ4v) is 14.1. The fraction of sp³-hybridized carbons (Fsp3) is 0.455. The Balaban J connectivity index is 1.46. The lowest BCUT2D eigenvalue weighted by molar-refractivity contribution is -0.118. The van der Waals surface area contributed by atoms with Crippen LogP contribution >= 0.6 is 0 Å². The molecule has 13 heteroatoms. The molecule has 0 spiro atoms. The molecule has 2 N–H and O–H groups in total. The maximum absolute atomic E-state index is 13.2. The molecule has 6 rings (SSSR count). The molecule has 0 bridgehead atoms. The number of nitrogens with zero attached hydrogens (tertiary/aromatic N) is 3. The number of imidazole rings is 1. The summed E-state index contributed by atoms with van der Waals surface area (Å²) in [5.41, 5.74) is 2.63. The molecule has 0 aliphatic carbocycles. The van der Waals surface area contributed by atoms with Gasteiger partial charge in [0.15, 0.2) is 11.2 Å². The highest BCUT2D eigenvalue weighted by atomic mass is 28.4. The number of benzene rings is 3. The van der Waals surface area contributed by atoms with Gasteiger partial charge in [0, 0.05) is 12.3 Å². The molecule has 1 aliphatic heterocycles. The Morgan fingerprint density at radius 2 is 1.40 bits per heavy atom. The van der Waals surface area contributed by atoms with Crippen LogP contribution in [-0.4, -0.2) is 66.8 Å². The summed E-state index contributed by atoms with van der Waals surface area (Å²) in [7, 11) is 0.862. The number of aromatic amines is 1. The van der Waals surface area contributed by atoms with E-state index in [-0.39, 0.29) is 36.0 Å². The number of anilines is 1. The molecular weight excluding hydrogens is 739 g/mol. The van der Waals surface area contributed by atoms with E-state index in [0.717, 1.165) is 28.2 Å². The summed E-state index contributed by atoms with van der Waals surface area (Å²) in [4.78, 5) is 37.5. The molecule has 3 aromatic carbocycles. The van der Waals surface area contributed by atoms with Gasteiger partial charge in [0.1, 0.15) is 29.4 Å². The highest BCUT2D eigenvalue weighted by molar-refractivity contribution is 6.77. The Morgan fingerprint density at radius 3 is 1.91 bits per heavy atom. The third kappa shape index (κ3) is 8.16. The quantitative estimate of drug-likeness (QED) is 0.0743. The number of rotatable bonds is 16. The number of amides is 1. The number of methoxy groups -OCH3 is 2. The van der Waals surface area contributed by atoms with Gasteiger partial charge in [0.25, 0.3) is 5.56 Å². The summed E-state index contributed by atoms with van der Waals surface area (Å²) in [6, 6.07) is 26.1. The van der Waals surface area contributed by atoms with Crippen molar-refractivity contribution >= 4 is 31.3 Å². The number of H-pyrrole nitrogens is 1. The lowest BCUT2D eigenvalue weighted by Crippen LogP contribution is -2.52. The summed E-state index contributed by atoms with van der Waals surface area (Å²) < 4.78 is 34.8. The van der Waals surface area contributed by atoms with E-state index in [2.05, 4.69) is 73.9 Å². The van der Waals surface area contributed by atoms with Crippen LogP contribution in [0.2, 0.25) is 16.6 Å². The average Bonchev–Trinajstić information content (AvgIpc) is 3.81. The van der Waals surface area contributed by atoms with Crippen LogP contribution < -0.4 is 20.3 Å². The van der Waals surface area contributed by atoms with E-state index in [9.17, 15) is 9.59 Å². The van der Waals surface area contributed by atoms with E-state index in [4.69, 9.17) is 23.4 Å². The summed E-state index contributed by atoms with van der Waals surface area (Å²) in [6.07, 6.45) is 0.549. The first kappa shape index (κ1) is 41.8. The number of hydrogen-bond donors (Lipinski definition) is 2. The molecule has 0 radical (unpaired) electrons. The summed E-state index contributed by atoms with van der Waals surface area (Å²) in [5, 5.41) is 2.72. The van der Waals surface area contributed by atoms with Crippen molar-refractivity contribution in [2.75, 3.05) is 26.1 Å². The number of carbonyl (C=O) groups excluding carboxylic acids is 1. The Hall–Kier alpha value is -4.82. The van der Waals surface area contributed by atoms with Crippen LogP contribution in [0.5, 0.6) is 11.5 Å². The van der Waals surface area contributed by atoms with E-state index >= 15 is 0 Å². The Morgan fingerprint density at radius 1 is 0.860 bits per heavy atom. The number of fused-ring (bicyclic) bond motifs is 1. The molecule has 5 aromatic rings. The Bertz CT molecular complexity index is 2100. The molecule has 0 unspecified atom stereocenters. The standard InChI is InChI=1S/C44H57N5O7Si/c1-27(2)41(50)47-43-46-40-39(42(51)48-43)45-26-49(40)38-24-36(56-57(28(3)4,29(5)6)30(7)8)37(55-38)25-54-44(31-14-12-11-13-15-31,32-16-20-34(52-9)21-17-32)33-18-22-35(53-10)23-19-33/h11-23,26-30,36-38H,24-25H2,1-10H3,(H2,46,47,48,50,51)/t36-,37+,38+/m0/s1. The van der Waals surface area contributed by atoms with Gasteiger partial charge in [-0.1, -0.05) is 110 Å². The van der Waals surface area contributed by atoms with Gasteiger partial charge in [0.2, 0.25) is 20.2 Å². The minimum Gasteiger partial charge on any atom is -0.497 e.